The van der Waals surface area contributed by atoms with E-state index in [4.69, 9.17) is 13.6 Å². The number of hydrogen-bond donors (Lipinski definition) is 3. The lowest BCUT2D eigenvalue weighted by Gasteiger charge is -2.35. The summed E-state index contributed by atoms with van der Waals surface area (Å²) in [5, 5.41) is 0. The summed E-state index contributed by atoms with van der Waals surface area (Å²) in [5.41, 5.74) is 6.73. The topological polar surface area (TPSA) is 63.8 Å². The number of aryl methyl sites for hydroxylation is 6. The molecule has 3 N–H and O–H groups in total. The molecule has 0 amide bonds. The summed E-state index contributed by atoms with van der Waals surface area (Å²) in [6.07, 6.45) is 0. The Morgan fingerprint density at radius 1 is 0.455 bits per heavy atom. The van der Waals surface area contributed by atoms with Crippen molar-refractivity contribution in [3.63, 3.8) is 0 Å². The second-order valence-electron chi connectivity index (χ2n) is 8.26. The lowest BCUT2D eigenvalue weighted by atomic mass is 10.1. The molecule has 1 aliphatic rings. The Morgan fingerprint density at radius 3 is 1.00 bits per heavy atom. The first-order valence-corrected chi connectivity index (χ1v) is 14.5. The van der Waals surface area contributed by atoms with Crippen LogP contribution in [0.3, 0.4) is 0 Å². The largest absolute Gasteiger partial charge is 0.444 e. The normalized spacial score (nSPS) is 20.4. The Kier molecular flexibility index (Phi) is 7.87. The van der Waals surface area contributed by atoms with Crippen molar-refractivity contribution in [3.05, 3.63) is 88.0 Å². The van der Waals surface area contributed by atoms with E-state index in [-0.39, 0.29) is 0 Å². The zero-order chi connectivity index (χ0) is 23.5. The van der Waals surface area contributed by atoms with E-state index in [0.29, 0.717) is 0 Å². The molecule has 3 aromatic carbocycles. The minimum absolute atomic E-state index is 0.853. The van der Waals surface area contributed by atoms with Crippen LogP contribution in [0.25, 0.3) is 0 Å². The maximum absolute atomic E-state index is 6.39. The van der Waals surface area contributed by atoms with Crippen LogP contribution >= 0.6 is 25.3 Å². The fraction of sp³-hybridized carbons (Fsp3) is 0.250. The van der Waals surface area contributed by atoms with Gasteiger partial charge in [0, 0.05) is 0 Å². The van der Waals surface area contributed by atoms with Crippen LogP contribution in [0.15, 0.2) is 54.6 Å². The second-order valence-corrected chi connectivity index (χ2v) is 13.0. The lowest BCUT2D eigenvalue weighted by molar-refractivity contribution is 0.558. The van der Waals surface area contributed by atoms with Crippen molar-refractivity contribution in [2.24, 2.45) is 0 Å². The molecule has 0 unspecified atom stereocenters. The molecule has 33 heavy (non-hydrogen) atoms. The third-order valence-electron chi connectivity index (χ3n) is 5.14. The predicted octanol–water partition coefficient (Wildman–Crippen LogP) is 7.54. The standard InChI is InChI=1S/C24H30N3O3P3/c1-16-7-10-19(4)22(13-16)28-31-25-32(29-23-14-17(2)8-11-20(23)5)27-33(26-31)30-24-15-18(3)9-12-21(24)6/h7-15,25-27H,1-6H3. The van der Waals surface area contributed by atoms with Gasteiger partial charge in [0.05, 0.1) is 0 Å². The summed E-state index contributed by atoms with van der Waals surface area (Å²) >= 11 is 0. The molecule has 1 heterocycles. The molecule has 174 valence electrons. The first kappa shape index (κ1) is 24.4. The van der Waals surface area contributed by atoms with Crippen LogP contribution in [0.5, 0.6) is 17.2 Å². The molecule has 3 aromatic rings. The molecule has 4 rings (SSSR count). The Morgan fingerprint density at radius 2 is 0.727 bits per heavy atom. The molecule has 0 spiro atoms. The van der Waals surface area contributed by atoms with E-state index in [0.717, 1.165) is 50.6 Å². The average molecular weight is 501 g/mol. The highest BCUT2D eigenvalue weighted by molar-refractivity contribution is 7.79. The fourth-order valence-corrected chi connectivity index (χ4v) is 9.03. The number of hydrogen-bond acceptors (Lipinski definition) is 6. The molecule has 1 aliphatic heterocycles. The Labute approximate surface area is 200 Å². The van der Waals surface area contributed by atoms with Gasteiger partial charge in [0.2, 0.25) is 0 Å². The molecule has 9 heteroatoms. The van der Waals surface area contributed by atoms with Gasteiger partial charge in [-0.1, -0.05) is 36.4 Å². The van der Waals surface area contributed by atoms with Gasteiger partial charge in [-0.3, -0.25) is 0 Å². The minimum Gasteiger partial charge on any atom is -0.444 e. The number of nitrogens with one attached hydrogen (secondary N) is 3. The van der Waals surface area contributed by atoms with Crippen molar-refractivity contribution in [3.8, 4) is 17.2 Å². The summed E-state index contributed by atoms with van der Waals surface area (Å²) in [6.45, 7) is 12.4. The third-order valence-corrected chi connectivity index (χ3v) is 10.6. The maximum Gasteiger partial charge on any atom is 0.257 e. The zero-order valence-electron chi connectivity index (χ0n) is 19.8. The van der Waals surface area contributed by atoms with Crippen molar-refractivity contribution >= 4 is 25.3 Å². The van der Waals surface area contributed by atoms with Crippen molar-refractivity contribution in [1.82, 2.24) is 14.6 Å². The molecule has 0 aliphatic carbocycles. The first-order valence-electron chi connectivity index (χ1n) is 10.7. The van der Waals surface area contributed by atoms with Crippen molar-refractivity contribution in [2.45, 2.75) is 41.5 Å². The van der Waals surface area contributed by atoms with Gasteiger partial charge in [0.1, 0.15) is 17.2 Å². The van der Waals surface area contributed by atoms with E-state index in [2.05, 4.69) is 111 Å². The van der Waals surface area contributed by atoms with Crippen LogP contribution in [-0.4, -0.2) is 0 Å². The van der Waals surface area contributed by atoms with Gasteiger partial charge in [-0.2, -0.15) is 14.6 Å². The Balaban J connectivity index is 1.57. The van der Waals surface area contributed by atoms with Crippen molar-refractivity contribution in [1.29, 1.82) is 0 Å². The summed E-state index contributed by atoms with van der Waals surface area (Å²) < 4.78 is 19.2. The molecule has 0 aromatic heterocycles. The zero-order valence-corrected chi connectivity index (χ0v) is 22.4. The minimum atomic E-state index is -1.24. The molecule has 1 saturated heterocycles. The summed E-state index contributed by atoms with van der Waals surface area (Å²) in [7, 11) is -3.71. The third kappa shape index (κ3) is 6.43. The first-order chi connectivity index (χ1) is 15.8. The predicted molar refractivity (Wildman–Crippen MR) is 140 cm³/mol. The van der Waals surface area contributed by atoms with Crippen molar-refractivity contribution in [2.75, 3.05) is 0 Å². The highest BCUT2D eigenvalue weighted by atomic mass is 31.3. The van der Waals surface area contributed by atoms with Crippen LogP contribution in [0, 0.1) is 41.5 Å². The summed E-state index contributed by atoms with van der Waals surface area (Å²) in [5.74, 6) is 2.56. The van der Waals surface area contributed by atoms with Gasteiger partial charge in [-0.15, -0.1) is 0 Å². The van der Waals surface area contributed by atoms with Gasteiger partial charge in [-0.25, -0.2) is 0 Å². The lowest BCUT2D eigenvalue weighted by Crippen LogP contribution is -2.32. The van der Waals surface area contributed by atoms with Crippen LogP contribution in [-0.2, 0) is 0 Å². The Bertz CT molecular complexity index is 998. The summed E-state index contributed by atoms with van der Waals surface area (Å²) in [6, 6.07) is 18.7. The quantitative estimate of drug-likeness (QED) is 0.304. The second kappa shape index (κ2) is 10.7. The van der Waals surface area contributed by atoms with Gasteiger partial charge < -0.3 is 13.6 Å². The highest BCUT2D eigenvalue weighted by Crippen LogP contribution is 2.56. The molecule has 6 nitrogen and oxygen atoms in total. The van der Waals surface area contributed by atoms with Crippen LogP contribution in [0.2, 0.25) is 0 Å². The van der Waals surface area contributed by atoms with E-state index < -0.39 is 25.3 Å². The van der Waals surface area contributed by atoms with Gasteiger partial charge in [-0.05, 0) is 93.1 Å². The van der Waals surface area contributed by atoms with Crippen LogP contribution < -0.4 is 28.1 Å². The molecule has 0 atom stereocenters. The van der Waals surface area contributed by atoms with Crippen LogP contribution in [0.4, 0.5) is 0 Å². The van der Waals surface area contributed by atoms with Gasteiger partial charge in [0.25, 0.3) is 25.3 Å². The van der Waals surface area contributed by atoms with Gasteiger partial charge in [0.15, 0.2) is 0 Å². The van der Waals surface area contributed by atoms with Crippen LogP contribution in [0.1, 0.15) is 33.4 Å². The number of benzene rings is 3. The number of rotatable bonds is 6. The van der Waals surface area contributed by atoms with E-state index in [9.17, 15) is 0 Å². The molecule has 1 fully saturated rings. The van der Waals surface area contributed by atoms with E-state index in [1.54, 1.807) is 0 Å². The monoisotopic (exact) mass is 501 g/mol. The average Bonchev–Trinajstić information content (AvgIpc) is 2.76. The SMILES string of the molecule is Cc1ccc(C)c(OP2NP(Oc3cc(C)ccc3C)NP(Oc3cc(C)ccc3C)N2)c1. The molecule has 0 saturated carbocycles. The maximum atomic E-state index is 6.39. The van der Waals surface area contributed by atoms with E-state index in [1.807, 2.05) is 0 Å². The van der Waals surface area contributed by atoms with Gasteiger partial charge >= 0.3 is 0 Å². The summed E-state index contributed by atoms with van der Waals surface area (Å²) in [4.78, 5) is 10.5. The highest BCUT2D eigenvalue weighted by Gasteiger charge is 2.34. The molecule has 0 radical (unpaired) electrons. The molecular weight excluding hydrogens is 471 g/mol. The molecule has 0 bridgehead atoms. The van der Waals surface area contributed by atoms with E-state index >= 15 is 0 Å². The smallest absolute Gasteiger partial charge is 0.257 e. The Hall–Kier alpha value is -1.77. The van der Waals surface area contributed by atoms with E-state index in [1.165, 1.54) is 0 Å². The fourth-order valence-electron chi connectivity index (χ4n) is 3.15. The molecular formula is C24H30N3O3P3. The van der Waals surface area contributed by atoms with Crippen molar-refractivity contribution < 1.29 is 13.6 Å².